The van der Waals surface area contributed by atoms with Gasteiger partial charge in [-0.2, -0.15) is 0 Å². The molecule has 0 aromatic heterocycles. The second kappa shape index (κ2) is 5.63. The Bertz CT molecular complexity index is 609. The topological polar surface area (TPSA) is 97.3 Å². The predicted molar refractivity (Wildman–Crippen MR) is 69.4 cm³/mol. The van der Waals surface area contributed by atoms with Crippen LogP contribution in [-0.2, 0) is 0 Å². The summed E-state index contributed by atoms with van der Waals surface area (Å²) in [5, 5.41) is 16.2. The van der Waals surface area contributed by atoms with Crippen molar-refractivity contribution >= 4 is 17.3 Å². The van der Waals surface area contributed by atoms with E-state index in [2.05, 4.69) is 10.4 Å². The first kappa shape index (κ1) is 12.6. The molecule has 0 aliphatic rings. The van der Waals surface area contributed by atoms with Gasteiger partial charge >= 0.3 is 5.97 Å². The Kier molecular flexibility index (Phi) is 3.72. The van der Waals surface area contributed by atoms with Crippen LogP contribution in [0.15, 0.2) is 58.9 Å². The number of hydrogen-bond acceptors (Lipinski definition) is 5. The highest BCUT2D eigenvalue weighted by Crippen LogP contribution is 2.19. The zero-order valence-corrected chi connectivity index (χ0v) is 9.85. The lowest BCUT2D eigenvalue weighted by molar-refractivity contribution is 0.0692. The van der Waals surface area contributed by atoms with E-state index in [4.69, 9.17) is 15.7 Å². The predicted octanol–water partition coefficient (Wildman–Crippen LogP) is 3.04. The normalized spacial score (nSPS) is 10.5. The van der Waals surface area contributed by atoms with Gasteiger partial charge in [0.2, 0.25) is 0 Å². The zero-order valence-electron chi connectivity index (χ0n) is 9.85. The minimum atomic E-state index is -1.08. The van der Waals surface area contributed by atoms with Gasteiger partial charge in [0.1, 0.15) is 5.56 Å². The number of carboxylic acids is 1. The molecule has 96 valence electrons. The molecule has 0 saturated carbocycles. The summed E-state index contributed by atoms with van der Waals surface area (Å²) in [6.07, 6.45) is 0. The third kappa shape index (κ3) is 3.29. The molecule has 0 unspecified atom stereocenters. The van der Waals surface area contributed by atoms with Crippen molar-refractivity contribution < 1.29 is 14.7 Å². The highest BCUT2D eigenvalue weighted by molar-refractivity contribution is 5.90. The van der Waals surface area contributed by atoms with Gasteiger partial charge in [0, 0.05) is 11.0 Å². The summed E-state index contributed by atoms with van der Waals surface area (Å²) in [5.41, 5.74) is 6.74. The third-order valence-corrected chi connectivity index (χ3v) is 2.31. The van der Waals surface area contributed by atoms with Crippen LogP contribution in [0, 0.1) is 0 Å². The van der Waals surface area contributed by atoms with Gasteiger partial charge in [-0.15, -0.1) is 5.11 Å². The number of hydrogen-bond donors (Lipinski definition) is 2. The summed E-state index contributed by atoms with van der Waals surface area (Å²) in [6.45, 7) is 0. The summed E-state index contributed by atoms with van der Waals surface area (Å²) in [7, 11) is 0. The minimum Gasteiger partial charge on any atom is -0.478 e. The van der Waals surface area contributed by atoms with Gasteiger partial charge in [-0.25, -0.2) is 4.79 Å². The van der Waals surface area contributed by atoms with E-state index in [1.807, 2.05) is 0 Å². The first-order chi connectivity index (χ1) is 9.16. The third-order valence-electron chi connectivity index (χ3n) is 2.31. The number of benzene rings is 2. The van der Waals surface area contributed by atoms with Crippen molar-refractivity contribution in [2.45, 2.75) is 0 Å². The molecular weight excluding hydrogens is 246 g/mol. The van der Waals surface area contributed by atoms with Crippen LogP contribution < -0.4 is 10.6 Å². The number of carbonyl (C=O) groups is 1. The molecule has 3 N–H and O–H groups in total. The number of nitrogens with two attached hydrogens (primary N) is 1. The number of para-hydroxylation sites is 1. The van der Waals surface area contributed by atoms with Crippen molar-refractivity contribution in [2.75, 3.05) is 5.73 Å². The van der Waals surface area contributed by atoms with Crippen LogP contribution in [0.3, 0.4) is 0 Å². The summed E-state index contributed by atoms with van der Waals surface area (Å²) >= 11 is 0. The Morgan fingerprint density at radius 3 is 2.47 bits per heavy atom. The van der Waals surface area contributed by atoms with Gasteiger partial charge in [-0.3, -0.25) is 0 Å². The van der Waals surface area contributed by atoms with Crippen molar-refractivity contribution in [1.29, 1.82) is 0 Å². The standard InChI is InChI=1S/C13H11N3O3/c14-9-5-7-10(8-6-9)15-16-19-12-4-2-1-3-11(12)13(17)18/h1-8H,14H2,(H,17,18). The number of nitrogens with zero attached hydrogens (tertiary/aromatic N) is 2. The van der Waals surface area contributed by atoms with Gasteiger partial charge in [0.15, 0.2) is 5.75 Å². The van der Waals surface area contributed by atoms with Crippen LogP contribution in [0.5, 0.6) is 5.75 Å². The van der Waals surface area contributed by atoms with Crippen molar-refractivity contribution in [3.8, 4) is 5.75 Å². The average molecular weight is 257 g/mol. The molecule has 2 aromatic carbocycles. The van der Waals surface area contributed by atoms with Gasteiger partial charge in [0.25, 0.3) is 0 Å². The van der Waals surface area contributed by atoms with E-state index in [-0.39, 0.29) is 11.3 Å². The summed E-state index contributed by atoms with van der Waals surface area (Å²) < 4.78 is 0. The van der Waals surface area contributed by atoms with E-state index >= 15 is 0 Å². The monoisotopic (exact) mass is 257 g/mol. The molecule has 6 heteroatoms. The van der Waals surface area contributed by atoms with E-state index < -0.39 is 5.97 Å². The molecule has 0 amide bonds. The Labute approximate surface area is 109 Å². The lowest BCUT2D eigenvalue weighted by atomic mass is 10.2. The lowest BCUT2D eigenvalue weighted by Gasteiger charge is -2.01. The van der Waals surface area contributed by atoms with E-state index in [1.165, 1.54) is 12.1 Å². The first-order valence-corrected chi connectivity index (χ1v) is 5.43. The maximum atomic E-state index is 10.9. The molecule has 0 aliphatic heterocycles. The summed E-state index contributed by atoms with van der Waals surface area (Å²) in [4.78, 5) is 15.9. The van der Waals surface area contributed by atoms with Gasteiger partial charge in [-0.05, 0) is 36.4 Å². The first-order valence-electron chi connectivity index (χ1n) is 5.43. The number of anilines is 1. The highest BCUT2D eigenvalue weighted by Gasteiger charge is 2.09. The highest BCUT2D eigenvalue weighted by atomic mass is 16.6. The molecule has 0 atom stereocenters. The smallest absolute Gasteiger partial charge is 0.339 e. The molecular formula is C13H11N3O3. The molecule has 0 spiro atoms. The quantitative estimate of drug-likeness (QED) is 0.499. The molecule has 0 fully saturated rings. The fraction of sp³-hybridized carbons (Fsp3) is 0. The maximum Gasteiger partial charge on any atom is 0.339 e. The van der Waals surface area contributed by atoms with Crippen LogP contribution >= 0.6 is 0 Å². The number of rotatable bonds is 4. The fourth-order valence-corrected chi connectivity index (χ4v) is 1.38. The van der Waals surface area contributed by atoms with Crippen LogP contribution in [-0.4, -0.2) is 11.1 Å². The fourth-order valence-electron chi connectivity index (χ4n) is 1.38. The molecule has 0 bridgehead atoms. The van der Waals surface area contributed by atoms with E-state index in [0.717, 1.165) is 0 Å². The van der Waals surface area contributed by atoms with Gasteiger partial charge < -0.3 is 15.7 Å². The zero-order chi connectivity index (χ0) is 13.7. The lowest BCUT2D eigenvalue weighted by Crippen LogP contribution is -1.98. The summed E-state index contributed by atoms with van der Waals surface area (Å²) in [5.74, 6) is -0.951. The molecule has 2 rings (SSSR count). The van der Waals surface area contributed by atoms with Crippen LogP contribution in [0.1, 0.15) is 10.4 Å². The Morgan fingerprint density at radius 1 is 1.11 bits per heavy atom. The van der Waals surface area contributed by atoms with Crippen molar-refractivity contribution in [3.63, 3.8) is 0 Å². The van der Waals surface area contributed by atoms with Crippen LogP contribution in [0.2, 0.25) is 0 Å². The molecule has 2 aromatic rings. The Hall–Kier alpha value is -2.89. The Morgan fingerprint density at radius 2 is 1.79 bits per heavy atom. The molecule has 19 heavy (non-hydrogen) atoms. The minimum absolute atomic E-state index is 0.0266. The van der Waals surface area contributed by atoms with Crippen molar-refractivity contribution in [3.05, 3.63) is 54.1 Å². The maximum absolute atomic E-state index is 10.9. The SMILES string of the molecule is Nc1ccc(N=NOc2ccccc2C(=O)O)cc1. The second-order valence-electron chi connectivity index (χ2n) is 3.67. The van der Waals surface area contributed by atoms with Crippen molar-refractivity contribution in [2.24, 2.45) is 10.4 Å². The second-order valence-corrected chi connectivity index (χ2v) is 3.67. The number of carboxylic acid groups (broad SMARTS) is 1. The van der Waals surface area contributed by atoms with Crippen LogP contribution in [0.4, 0.5) is 11.4 Å². The molecule has 0 heterocycles. The largest absolute Gasteiger partial charge is 0.478 e. The molecule has 0 radical (unpaired) electrons. The van der Waals surface area contributed by atoms with Crippen molar-refractivity contribution in [1.82, 2.24) is 0 Å². The van der Waals surface area contributed by atoms with Gasteiger partial charge in [-0.1, -0.05) is 12.1 Å². The van der Waals surface area contributed by atoms with E-state index in [9.17, 15) is 4.79 Å². The van der Waals surface area contributed by atoms with E-state index in [1.54, 1.807) is 36.4 Å². The number of nitrogen functional groups attached to an aromatic ring is 1. The Balaban J connectivity index is 2.10. The summed E-state index contributed by atoms with van der Waals surface area (Å²) in [6, 6.07) is 12.9. The molecule has 6 nitrogen and oxygen atoms in total. The number of aromatic carboxylic acids is 1. The average Bonchev–Trinajstić information content (AvgIpc) is 2.41. The molecule has 0 saturated heterocycles. The molecule has 0 aliphatic carbocycles. The van der Waals surface area contributed by atoms with Gasteiger partial charge in [0.05, 0.1) is 5.69 Å². The van der Waals surface area contributed by atoms with E-state index in [0.29, 0.717) is 11.4 Å². The van der Waals surface area contributed by atoms with Crippen LogP contribution in [0.25, 0.3) is 0 Å².